The lowest BCUT2D eigenvalue weighted by atomic mass is 10.3. The van der Waals surface area contributed by atoms with E-state index >= 15 is 0 Å². The zero-order chi connectivity index (χ0) is 10.8. The van der Waals surface area contributed by atoms with Gasteiger partial charge in [-0.25, -0.2) is 4.90 Å². The second-order valence-electron chi connectivity index (χ2n) is 2.98. The standard InChI is InChI=1S/C10H9NO3S/c1-13-8-4-2-7(3-5-8)11-9(12)6-14-10(11)15/h2-5H,6H2,1H3. The summed E-state index contributed by atoms with van der Waals surface area (Å²) in [5.74, 6) is 0.586. The largest absolute Gasteiger partial charge is 0.497 e. The summed E-state index contributed by atoms with van der Waals surface area (Å²) in [6.07, 6.45) is 0. The highest BCUT2D eigenvalue weighted by Crippen LogP contribution is 2.22. The summed E-state index contributed by atoms with van der Waals surface area (Å²) in [5, 5.41) is 0.199. The molecule has 1 aromatic carbocycles. The van der Waals surface area contributed by atoms with E-state index < -0.39 is 0 Å². The molecular formula is C10H9NO3S. The fourth-order valence-electron chi connectivity index (χ4n) is 1.34. The molecule has 0 bridgehead atoms. The SMILES string of the molecule is COc1ccc(N2C(=O)COC2=S)cc1. The first-order valence-electron chi connectivity index (χ1n) is 4.36. The van der Waals surface area contributed by atoms with Crippen molar-refractivity contribution in [3.05, 3.63) is 24.3 Å². The number of rotatable bonds is 2. The molecule has 78 valence electrons. The van der Waals surface area contributed by atoms with Crippen LogP contribution in [0.3, 0.4) is 0 Å². The highest BCUT2D eigenvalue weighted by molar-refractivity contribution is 7.80. The molecule has 0 aliphatic carbocycles. The first-order valence-corrected chi connectivity index (χ1v) is 4.77. The molecule has 0 aromatic heterocycles. The third-order valence-electron chi connectivity index (χ3n) is 2.08. The summed E-state index contributed by atoms with van der Waals surface area (Å²) in [4.78, 5) is 12.8. The van der Waals surface area contributed by atoms with Crippen LogP contribution in [0.4, 0.5) is 5.69 Å². The van der Waals surface area contributed by atoms with Gasteiger partial charge in [-0.15, -0.1) is 0 Å². The van der Waals surface area contributed by atoms with Crippen LogP contribution in [0.15, 0.2) is 24.3 Å². The zero-order valence-corrected chi connectivity index (χ0v) is 8.91. The van der Waals surface area contributed by atoms with Crippen molar-refractivity contribution in [2.24, 2.45) is 0 Å². The van der Waals surface area contributed by atoms with Crippen molar-refractivity contribution < 1.29 is 14.3 Å². The Bertz CT molecular complexity index is 386. The van der Waals surface area contributed by atoms with Gasteiger partial charge in [0.1, 0.15) is 5.75 Å². The Kier molecular flexibility index (Phi) is 2.55. The summed E-state index contributed by atoms with van der Waals surface area (Å²) < 4.78 is 9.98. The van der Waals surface area contributed by atoms with Crippen LogP contribution < -0.4 is 9.64 Å². The molecule has 1 saturated heterocycles. The lowest BCUT2D eigenvalue weighted by Gasteiger charge is -2.13. The van der Waals surface area contributed by atoms with Gasteiger partial charge in [0.25, 0.3) is 11.1 Å². The van der Waals surface area contributed by atoms with Crippen LogP contribution in [0.2, 0.25) is 0 Å². The van der Waals surface area contributed by atoms with Crippen LogP contribution in [0.25, 0.3) is 0 Å². The van der Waals surface area contributed by atoms with Crippen molar-refractivity contribution in [2.45, 2.75) is 0 Å². The van der Waals surface area contributed by atoms with E-state index in [9.17, 15) is 4.79 Å². The van der Waals surface area contributed by atoms with Gasteiger partial charge in [0.2, 0.25) is 0 Å². The van der Waals surface area contributed by atoms with Gasteiger partial charge in [-0.2, -0.15) is 0 Å². The molecule has 15 heavy (non-hydrogen) atoms. The molecule has 5 heteroatoms. The smallest absolute Gasteiger partial charge is 0.272 e. The van der Waals surface area contributed by atoms with Crippen LogP contribution >= 0.6 is 12.2 Å². The van der Waals surface area contributed by atoms with Crippen LogP contribution in [0.1, 0.15) is 0 Å². The Morgan fingerprint density at radius 3 is 2.53 bits per heavy atom. The second-order valence-corrected chi connectivity index (χ2v) is 3.33. The Hall–Kier alpha value is -1.62. The molecule has 0 spiro atoms. The highest BCUT2D eigenvalue weighted by Gasteiger charge is 2.28. The maximum Gasteiger partial charge on any atom is 0.272 e. The maximum absolute atomic E-state index is 11.4. The van der Waals surface area contributed by atoms with Crippen molar-refractivity contribution in [3.8, 4) is 5.75 Å². The number of anilines is 1. The minimum atomic E-state index is -0.148. The average Bonchev–Trinajstić information content (AvgIpc) is 2.59. The first kappa shape index (κ1) is 9.92. The third kappa shape index (κ3) is 1.78. The predicted octanol–water partition coefficient (Wildman–Crippen LogP) is 1.34. The van der Waals surface area contributed by atoms with Crippen LogP contribution in [0.5, 0.6) is 5.75 Å². The van der Waals surface area contributed by atoms with Crippen molar-refractivity contribution in [1.82, 2.24) is 0 Å². The molecule has 1 fully saturated rings. The van der Waals surface area contributed by atoms with Crippen molar-refractivity contribution >= 4 is 29.0 Å². The van der Waals surface area contributed by atoms with Crippen molar-refractivity contribution in [1.29, 1.82) is 0 Å². The number of thiocarbonyl (C=S) groups is 1. The number of ether oxygens (including phenoxy) is 2. The molecule has 0 unspecified atom stereocenters. The van der Waals surface area contributed by atoms with Crippen LogP contribution in [-0.4, -0.2) is 24.8 Å². The molecule has 1 aromatic rings. The van der Waals surface area contributed by atoms with Gasteiger partial charge in [0, 0.05) is 0 Å². The fraction of sp³-hybridized carbons (Fsp3) is 0.200. The van der Waals surface area contributed by atoms with E-state index in [-0.39, 0.29) is 17.7 Å². The van der Waals surface area contributed by atoms with E-state index in [4.69, 9.17) is 21.7 Å². The molecule has 4 nitrogen and oxygen atoms in total. The van der Waals surface area contributed by atoms with Crippen molar-refractivity contribution in [3.63, 3.8) is 0 Å². The summed E-state index contributed by atoms with van der Waals surface area (Å²) >= 11 is 4.91. The van der Waals surface area contributed by atoms with Gasteiger partial charge >= 0.3 is 0 Å². The Labute approximate surface area is 92.4 Å². The normalized spacial score (nSPS) is 15.4. The van der Waals surface area contributed by atoms with Crippen LogP contribution in [-0.2, 0) is 9.53 Å². The van der Waals surface area contributed by atoms with Gasteiger partial charge in [0.15, 0.2) is 6.61 Å². The number of amides is 1. The number of methoxy groups -OCH3 is 1. The molecule has 0 radical (unpaired) electrons. The minimum Gasteiger partial charge on any atom is -0.497 e. The Morgan fingerprint density at radius 2 is 2.07 bits per heavy atom. The number of hydrogen-bond donors (Lipinski definition) is 0. The maximum atomic E-state index is 11.4. The van der Waals surface area contributed by atoms with E-state index in [0.717, 1.165) is 5.75 Å². The monoisotopic (exact) mass is 223 g/mol. The van der Waals surface area contributed by atoms with E-state index in [0.29, 0.717) is 5.69 Å². The molecule has 1 heterocycles. The number of benzene rings is 1. The molecule has 2 rings (SSSR count). The minimum absolute atomic E-state index is 0.0187. The van der Waals surface area contributed by atoms with E-state index in [1.54, 1.807) is 31.4 Å². The fourth-order valence-corrected chi connectivity index (χ4v) is 1.60. The lowest BCUT2D eigenvalue weighted by molar-refractivity contribution is -0.117. The van der Waals surface area contributed by atoms with Gasteiger partial charge in [-0.05, 0) is 36.5 Å². The molecular weight excluding hydrogens is 214 g/mol. The summed E-state index contributed by atoms with van der Waals surface area (Å²) in [7, 11) is 1.59. The average molecular weight is 223 g/mol. The molecule has 1 aliphatic heterocycles. The predicted molar refractivity (Wildman–Crippen MR) is 59.0 cm³/mol. The molecule has 1 amide bonds. The lowest BCUT2D eigenvalue weighted by Crippen LogP contribution is -2.28. The Morgan fingerprint density at radius 1 is 1.40 bits per heavy atom. The highest BCUT2D eigenvalue weighted by atomic mass is 32.1. The van der Waals surface area contributed by atoms with E-state index in [2.05, 4.69) is 0 Å². The van der Waals surface area contributed by atoms with Gasteiger partial charge in [0.05, 0.1) is 12.8 Å². The third-order valence-corrected chi connectivity index (χ3v) is 2.38. The number of nitrogens with zero attached hydrogens (tertiary/aromatic N) is 1. The zero-order valence-electron chi connectivity index (χ0n) is 8.10. The number of carbonyl (C=O) groups excluding carboxylic acids is 1. The Balaban J connectivity index is 2.29. The van der Waals surface area contributed by atoms with E-state index in [1.165, 1.54) is 4.90 Å². The van der Waals surface area contributed by atoms with Crippen LogP contribution in [0, 0.1) is 0 Å². The van der Waals surface area contributed by atoms with Gasteiger partial charge < -0.3 is 9.47 Å². The summed E-state index contributed by atoms with van der Waals surface area (Å²) in [6.45, 7) is 0.0187. The molecule has 1 aliphatic rings. The number of hydrogen-bond acceptors (Lipinski definition) is 4. The van der Waals surface area contributed by atoms with Crippen molar-refractivity contribution in [2.75, 3.05) is 18.6 Å². The number of carbonyl (C=O) groups is 1. The first-order chi connectivity index (χ1) is 7.22. The molecule has 0 atom stereocenters. The van der Waals surface area contributed by atoms with Gasteiger partial charge in [-0.1, -0.05) is 0 Å². The topological polar surface area (TPSA) is 38.8 Å². The van der Waals surface area contributed by atoms with Gasteiger partial charge in [-0.3, -0.25) is 4.79 Å². The quantitative estimate of drug-likeness (QED) is 0.709. The second kappa shape index (κ2) is 3.86. The molecule has 0 N–H and O–H groups in total. The van der Waals surface area contributed by atoms with E-state index in [1.807, 2.05) is 0 Å². The summed E-state index contributed by atoms with van der Waals surface area (Å²) in [6, 6.07) is 7.06. The molecule has 0 saturated carbocycles. The summed E-state index contributed by atoms with van der Waals surface area (Å²) in [5.41, 5.74) is 0.698.